The van der Waals surface area contributed by atoms with Crippen molar-refractivity contribution in [1.29, 1.82) is 0 Å². The summed E-state index contributed by atoms with van der Waals surface area (Å²) in [6, 6.07) is 4.04. The third-order valence-electron chi connectivity index (χ3n) is 2.78. The van der Waals surface area contributed by atoms with Crippen molar-refractivity contribution in [2.45, 2.75) is 25.9 Å². The number of anilines is 1. The lowest BCUT2D eigenvalue weighted by atomic mass is 10.3. The number of aliphatic hydroxyl groups is 1. The van der Waals surface area contributed by atoms with E-state index in [0.29, 0.717) is 23.9 Å². The third-order valence-corrected chi connectivity index (χ3v) is 3.11. The lowest BCUT2D eigenvalue weighted by Crippen LogP contribution is -2.25. The molecule has 0 amide bonds. The summed E-state index contributed by atoms with van der Waals surface area (Å²) in [5.41, 5.74) is 0.457. The van der Waals surface area contributed by atoms with E-state index in [2.05, 4.69) is 12.2 Å². The Morgan fingerprint density at radius 2 is 2.05 bits per heavy atom. The highest BCUT2D eigenvalue weighted by Gasteiger charge is 2.07. The van der Waals surface area contributed by atoms with Crippen molar-refractivity contribution in [3.05, 3.63) is 29.0 Å². The summed E-state index contributed by atoms with van der Waals surface area (Å²) < 4.78 is 23.7. The number of hydrogen-bond acceptors (Lipinski definition) is 4. The van der Waals surface area contributed by atoms with Crippen LogP contribution < -0.4 is 5.32 Å². The Morgan fingerprint density at radius 3 is 2.81 bits per heavy atom. The highest BCUT2D eigenvalue weighted by Crippen LogP contribution is 2.22. The fourth-order valence-electron chi connectivity index (χ4n) is 1.61. The highest BCUT2D eigenvalue weighted by molar-refractivity contribution is 6.33. The molecule has 0 saturated carbocycles. The maximum atomic E-state index is 13.0. The molecule has 2 N–H and O–H groups in total. The van der Waals surface area contributed by atoms with E-state index < -0.39 is 6.10 Å². The summed E-state index contributed by atoms with van der Waals surface area (Å²) in [6.45, 7) is 4.24. The minimum atomic E-state index is -0.694. The van der Waals surface area contributed by atoms with Gasteiger partial charge in [0.1, 0.15) is 5.82 Å². The average Bonchev–Trinajstić information content (AvgIpc) is 2.47. The summed E-state index contributed by atoms with van der Waals surface area (Å²) in [5.74, 6) is -0.378. The Balaban J connectivity index is 2.11. The number of aliphatic hydroxyl groups excluding tert-OH is 1. The van der Waals surface area contributed by atoms with E-state index in [4.69, 9.17) is 21.1 Å². The van der Waals surface area contributed by atoms with E-state index in [1.165, 1.54) is 18.2 Å². The predicted molar refractivity (Wildman–Crippen MR) is 82.5 cm³/mol. The van der Waals surface area contributed by atoms with Crippen molar-refractivity contribution >= 4 is 17.3 Å². The fraction of sp³-hybridized carbons (Fsp3) is 0.600. The quantitative estimate of drug-likeness (QED) is 0.615. The molecule has 0 radical (unpaired) electrons. The zero-order valence-corrected chi connectivity index (χ0v) is 13.0. The molecule has 1 atom stereocenters. The maximum absolute atomic E-state index is 13.0. The lowest BCUT2D eigenvalue weighted by Gasteiger charge is -2.14. The topological polar surface area (TPSA) is 50.7 Å². The van der Waals surface area contributed by atoms with Crippen molar-refractivity contribution in [3.63, 3.8) is 0 Å². The van der Waals surface area contributed by atoms with Crippen molar-refractivity contribution < 1.29 is 19.0 Å². The molecule has 4 nitrogen and oxygen atoms in total. The first-order valence-corrected chi connectivity index (χ1v) is 7.53. The van der Waals surface area contributed by atoms with Gasteiger partial charge in [-0.25, -0.2) is 4.39 Å². The second-order valence-corrected chi connectivity index (χ2v) is 5.11. The van der Waals surface area contributed by atoms with Gasteiger partial charge in [-0.3, -0.25) is 0 Å². The van der Waals surface area contributed by atoms with Gasteiger partial charge in [-0.1, -0.05) is 24.9 Å². The Morgan fingerprint density at radius 1 is 1.29 bits per heavy atom. The molecule has 0 aliphatic carbocycles. The molecule has 1 aromatic rings. The number of ether oxygens (including phenoxy) is 2. The van der Waals surface area contributed by atoms with E-state index in [1.54, 1.807) is 0 Å². The Hall–Kier alpha value is -0.880. The molecule has 21 heavy (non-hydrogen) atoms. The van der Waals surface area contributed by atoms with Crippen LogP contribution in [0.4, 0.5) is 10.1 Å². The van der Waals surface area contributed by atoms with Crippen LogP contribution in [0.3, 0.4) is 0 Å². The molecule has 1 unspecified atom stereocenters. The number of nitrogens with one attached hydrogen (secondary N) is 1. The summed E-state index contributed by atoms with van der Waals surface area (Å²) in [6.07, 6.45) is 1.45. The normalized spacial score (nSPS) is 12.4. The first-order valence-electron chi connectivity index (χ1n) is 7.16. The van der Waals surface area contributed by atoms with Gasteiger partial charge in [-0.15, -0.1) is 0 Å². The van der Waals surface area contributed by atoms with Gasteiger partial charge in [0.15, 0.2) is 0 Å². The largest absolute Gasteiger partial charge is 0.389 e. The molecule has 0 aromatic heterocycles. The van der Waals surface area contributed by atoms with Crippen LogP contribution >= 0.6 is 11.6 Å². The van der Waals surface area contributed by atoms with Gasteiger partial charge >= 0.3 is 0 Å². The molecule has 0 aliphatic rings. The molecule has 0 spiro atoms. The summed E-state index contributed by atoms with van der Waals surface area (Å²) in [4.78, 5) is 0. The number of unbranched alkanes of at least 4 members (excludes halogenated alkanes) is 1. The van der Waals surface area contributed by atoms with Crippen molar-refractivity contribution in [2.75, 3.05) is 38.3 Å². The third kappa shape index (κ3) is 8.21. The van der Waals surface area contributed by atoms with Crippen molar-refractivity contribution in [1.82, 2.24) is 0 Å². The lowest BCUT2D eigenvalue weighted by molar-refractivity contribution is 0.00749. The Labute approximate surface area is 130 Å². The summed E-state index contributed by atoms with van der Waals surface area (Å²) in [5, 5.41) is 13.0. The number of hydrogen-bond donors (Lipinski definition) is 2. The molecule has 1 aromatic carbocycles. The SMILES string of the molecule is CCCCOCCOCC(O)CNc1cc(F)ccc1Cl. The smallest absolute Gasteiger partial charge is 0.125 e. The second kappa shape index (κ2) is 10.8. The summed E-state index contributed by atoms with van der Waals surface area (Å²) >= 11 is 5.91. The minimum Gasteiger partial charge on any atom is -0.389 e. The molecular formula is C15H23ClFNO3. The van der Waals surface area contributed by atoms with Gasteiger partial charge < -0.3 is 19.9 Å². The Bertz CT molecular complexity index is 407. The monoisotopic (exact) mass is 319 g/mol. The highest BCUT2D eigenvalue weighted by atomic mass is 35.5. The molecule has 0 bridgehead atoms. The molecule has 1 rings (SSSR count). The van der Waals surface area contributed by atoms with Gasteiger partial charge in [0.25, 0.3) is 0 Å². The van der Waals surface area contributed by atoms with Crippen LogP contribution in [0.15, 0.2) is 18.2 Å². The fourth-order valence-corrected chi connectivity index (χ4v) is 1.79. The van der Waals surface area contributed by atoms with E-state index in [-0.39, 0.29) is 19.0 Å². The number of benzene rings is 1. The first kappa shape index (κ1) is 18.2. The van der Waals surface area contributed by atoms with E-state index >= 15 is 0 Å². The van der Waals surface area contributed by atoms with E-state index in [1.807, 2.05) is 0 Å². The minimum absolute atomic E-state index is 0.192. The molecule has 0 heterocycles. The first-order chi connectivity index (χ1) is 10.1. The Kier molecular flexibility index (Phi) is 9.34. The van der Waals surface area contributed by atoms with Crippen LogP contribution in [-0.4, -0.2) is 44.2 Å². The van der Waals surface area contributed by atoms with Gasteiger partial charge in [0.2, 0.25) is 0 Å². The van der Waals surface area contributed by atoms with Crippen LogP contribution in [-0.2, 0) is 9.47 Å². The molecule has 0 fully saturated rings. The zero-order chi connectivity index (χ0) is 15.5. The molecular weight excluding hydrogens is 297 g/mol. The summed E-state index contributed by atoms with van der Waals surface area (Å²) in [7, 11) is 0. The van der Waals surface area contributed by atoms with Crippen LogP contribution in [0.1, 0.15) is 19.8 Å². The van der Waals surface area contributed by atoms with Gasteiger partial charge in [-0.2, -0.15) is 0 Å². The molecule has 6 heteroatoms. The van der Waals surface area contributed by atoms with Crippen LogP contribution in [0.2, 0.25) is 5.02 Å². The number of halogens is 2. The van der Waals surface area contributed by atoms with E-state index in [0.717, 1.165) is 19.4 Å². The standard InChI is InChI=1S/C15H23ClFNO3/c1-2-3-6-20-7-8-21-11-13(19)10-18-15-9-12(17)4-5-14(15)16/h4-5,9,13,18-19H,2-3,6-8,10-11H2,1H3. The van der Waals surface area contributed by atoms with Gasteiger partial charge in [0.05, 0.1) is 36.6 Å². The molecule has 0 aliphatic heterocycles. The maximum Gasteiger partial charge on any atom is 0.125 e. The second-order valence-electron chi connectivity index (χ2n) is 4.70. The van der Waals surface area contributed by atoms with Crippen molar-refractivity contribution in [2.24, 2.45) is 0 Å². The predicted octanol–water partition coefficient (Wildman–Crippen LogP) is 3.09. The van der Waals surface area contributed by atoms with Crippen molar-refractivity contribution in [3.8, 4) is 0 Å². The number of rotatable bonds is 11. The van der Waals surface area contributed by atoms with E-state index in [9.17, 15) is 9.50 Å². The van der Waals surface area contributed by atoms with Crippen LogP contribution in [0.25, 0.3) is 0 Å². The zero-order valence-electron chi connectivity index (χ0n) is 12.3. The van der Waals surface area contributed by atoms with Gasteiger partial charge in [0, 0.05) is 13.2 Å². The molecule has 0 saturated heterocycles. The van der Waals surface area contributed by atoms with Crippen LogP contribution in [0, 0.1) is 5.82 Å². The molecule has 120 valence electrons. The average molecular weight is 320 g/mol. The van der Waals surface area contributed by atoms with Gasteiger partial charge in [-0.05, 0) is 24.6 Å². The van der Waals surface area contributed by atoms with Crippen LogP contribution in [0.5, 0.6) is 0 Å².